The Morgan fingerprint density at radius 2 is 2.42 bits per heavy atom. The number of rotatable bonds is 4. The van der Waals surface area contributed by atoms with Crippen LogP contribution in [0.15, 0.2) is 0 Å². The van der Waals surface area contributed by atoms with Crippen LogP contribution in [0.2, 0.25) is 0 Å². The first-order valence-electron chi connectivity index (χ1n) is 4.39. The van der Waals surface area contributed by atoms with Gasteiger partial charge in [-0.3, -0.25) is 4.79 Å². The minimum Gasteiger partial charge on any atom is -0.377 e. The van der Waals surface area contributed by atoms with Crippen LogP contribution >= 0.6 is 0 Å². The zero-order valence-electron chi connectivity index (χ0n) is 7.21. The van der Waals surface area contributed by atoms with E-state index < -0.39 is 0 Å². The monoisotopic (exact) mass is 172 g/mol. The zero-order chi connectivity index (χ0) is 8.81. The first-order chi connectivity index (χ1) is 5.79. The molecule has 1 heterocycles. The number of carbonyl (C=O) groups is 1. The molecule has 1 amide bonds. The van der Waals surface area contributed by atoms with Crippen molar-refractivity contribution in [2.45, 2.75) is 25.4 Å². The maximum absolute atomic E-state index is 10.4. The SMILES string of the molecule is NC(=O)CNCC1CCCCO1. The summed E-state index contributed by atoms with van der Waals surface area (Å²) in [7, 11) is 0. The van der Waals surface area contributed by atoms with Crippen LogP contribution in [0, 0.1) is 0 Å². The molecule has 4 nitrogen and oxygen atoms in total. The number of carbonyl (C=O) groups excluding carboxylic acids is 1. The predicted molar refractivity (Wildman–Crippen MR) is 45.7 cm³/mol. The van der Waals surface area contributed by atoms with Gasteiger partial charge >= 0.3 is 0 Å². The summed E-state index contributed by atoms with van der Waals surface area (Å²) in [6.45, 7) is 1.84. The average Bonchev–Trinajstić information content (AvgIpc) is 2.05. The summed E-state index contributed by atoms with van der Waals surface area (Å²) in [5.74, 6) is -0.314. The van der Waals surface area contributed by atoms with Crippen LogP contribution in [0.5, 0.6) is 0 Å². The number of hydrogen-bond acceptors (Lipinski definition) is 3. The van der Waals surface area contributed by atoms with E-state index in [1.807, 2.05) is 0 Å². The summed E-state index contributed by atoms with van der Waals surface area (Å²) < 4.78 is 5.45. The molecule has 0 bridgehead atoms. The standard InChI is InChI=1S/C8H16N2O2/c9-8(11)6-10-5-7-3-1-2-4-12-7/h7,10H,1-6H2,(H2,9,11). The minimum atomic E-state index is -0.314. The fraction of sp³-hybridized carbons (Fsp3) is 0.875. The number of hydrogen-bond donors (Lipinski definition) is 2. The van der Waals surface area contributed by atoms with Crippen LogP contribution in [-0.2, 0) is 9.53 Å². The molecule has 1 unspecified atom stereocenters. The molecule has 4 heteroatoms. The molecule has 0 aromatic rings. The van der Waals surface area contributed by atoms with Crippen molar-refractivity contribution < 1.29 is 9.53 Å². The van der Waals surface area contributed by atoms with Gasteiger partial charge in [0.2, 0.25) is 5.91 Å². The van der Waals surface area contributed by atoms with Gasteiger partial charge in [-0.1, -0.05) is 0 Å². The quantitative estimate of drug-likeness (QED) is 0.608. The Morgan fingerprint density at radius 3 is 3.00 bits per heavy atom. The van der Waals surface area contributed by atoms with Crippen LogP contribution in [0.25, 0.3) is 0 Å². The van der Waals surface area contributed by atoms with Crippen molar-refractivity contribution in [2.75, 3.05) is 19.7 Å². The Balaban J connectivity index is 2.01. The van der Waals surface area contributed by atoms with Crippen LogP contribution in [0.1, 0.15) is 19.3 Å². The van der Waals surface area contributed by atoms with E-state index in [1.165, 1.54) is 6.42 Å². The van der Waals surface area contributed by atoms with Gasteiger partial charge in [-0.2, -0.15) is 0 Å². The highest BCUT2D eigenvalue weighted by molar-refractivity contribution is 5.75. The molecule has 12 heavy (non-hydrogen) atoms. The molecule has 1 rings (SSSR count). The Bertz CT molecular complexity index is 144. The van der Waals surface area contributed by atoms with Crippen LogP contribution in [0.3, 0.4) is 0 Å². The summed E-state index contributed by atoms with van der Waals surface area (Å²) in [4.78, 5) is 10.4. The lowest BCUT2D eigenvalue weighted by atomic mass is 10.1. The molecule has 0 aromatic heterocycles. The lowest BCUT2D eigenvalue weighted by Crippen LogP contribution is -2.36. The van der Waals surface area contributed by atoms with E-state index in [9.17, 15) is 4.79 Å². The van der Waals surface area contributed by atoms with E-state index in [2.05, 4.69) is 5.32 Å². The van der Waals surface area contributed by atoms with E-state index in [1.54, 1.807) is 0 Å². The highest BCUT2D eigenvalue weighted by atomic mass is 16.5. The van der Waals surface area contributed by atoms with Gasteiger partial charge in [0.15, 0.2) is 0 Å². The van der Waals surface area contributed by atoms with Crippen molar-refractivity contribution in [2.24, 2.45) is 5.73 Å². The van der Waals surface area contributed by atoms with Gasteiger partial charge in [0.05, 0.1) is 12.6 Å². The number of primary amides is 1. The fourth-order valence-corrected chi connectivity index (χ4v) is 1.32. The molecule has 0 saturated carbocycles. The van der Waals surface area contributed by atoms with E-state index in [4.69, 9.17) is 10.5 Å². The van der Waals surface area contributed by atoms with Crippen LogP contribution in [-0.4, -0.2) is 31.7 Å². The maximum Gasteiger partial charge on any atom is 0.231 e. The molecule has 1 atom stereocenters. The van der Waals surface area contributed by atoms with Gasteiger partial charge < -0.3 is 15.8 Å². The Labute approximate surface area is 72.5 Å². The van der Waals surface area contributed by atoms with Crippen molar-refractivity contribution >= 4 is 5.91 Å². The largest absolute Gasteiger partial charge is 0.377 e. The molecule has 1 aliphatic rings. The number of ether oxygens (including phenoxy) is 1. The van der Waals surface area contributed by atoms with Gasteiger partial charge in [0.1, 0.15) is 0 Å². The maximum atomic E-state index is 10.4. The summed E-state index contributed by atoms with van der Waals surface area (Å²) in [6, 6.07) is 0. The molecule has 0 spiro atoms. The Kier molecular flexibility index (Phi) is 4.04. The molecule has 70 valence electrons. The molecule has 0 radical (unpaired) electrons. The third-order valence-corrected chi connectivity index (χ3v) is 1.95. The van der Waals surface area contributed by atoms with E-state index >= 15 is 0 Å². The van der Waals surface area contributed by atoms with Gasteiger partial charge in [-0.15, -0.1) is 0 Å². The molecular formula is C8H16N2O2. The first kappa shape index (κ1) is 9.48. The van der Waals surface area contributed by atoms with Crippen molar-refractivity contribution in [1.29, 1.82) is 0 Å². The number of nitrogens with two attached hydrogens (primary N) is 1. The minimum absolute atomic E-state index is 0.250. The molecule has 1 saturated heterocycles. The fourth-order valence-electron chi connectivity index (χ4n) is 1.32. The Morgan fingerprint density at radius 1 is 1.58 bits per heavy atom. The van der Waals surface area contributed by atoms with E-state index in [0.717, 1.165) is 26.0 Å². The zero-order valence-corrected chi connectivity index (χ0v) is 7.21. The van der Waals surface area contributed by atoms with E-state index in [0.29, 0.717) is 0 Å². The predicted octanol–water partition coefficient (Wildman–Crippen LogP) is -0.370. The first-order valence-corrected chi connectivity index (χ1v) is 4.39. The second kappa shape index (κ2) is 5.11. The van der Waals surface area contributed by atoms with Crippen molar-refractivity contribution in [3.05, 3.63) is 0 Å². The highest BCUT2D eigenvalue weighted by Crippen LogP contribution is 2.11. The van der Waals surface area contributed by atoms with Crippen LogP contribution in [0.4, 0.5) is 0 Å². The van der Waals surface area contributed by atoms with Gasteiger partial charge in [-0.05, 0) is 19.3 Å². The second-order valence-corrected chi connectivity index (χ2v) is 3.09. The highest BCUT2D eigenvalue weighted by Gasteiger charge is 2.12. The normalized spacial score (nSPS) is 23.8. The topological polar surface area (TPSA) is 64.4 Å². The Hall–Kier alpha value is -0.610. The molecule has 1 aliphatic heterocycles. The number of amides is 1. The van der Waals surface area contributed by atoms with Crippen molar-refractivity contribution in [3.63, 3.8) is 0 Å². The number of nitrogens with one attached hydrogen (secondary N) is 1. The summed E-state index contributed by atoms with van der Waals surface area (Å²) in [6.07, 6.45) is 3.75. The lowest BCUT2D eigenvalue weighted by molar-refractivity contribution is -0.117. The van der Waals surface area contributed by atoms with Gasteiger partial charge in [0, 0.05) is 13.2 Å². The molecular weight excluding hydrogens is 156 g/mol. The second-order valence-electron chi connectivity index (χ2n) is 3.09. The molecule has 3 N–H and O–H groups in total. The third kappa shape index (κ3) is 3.69. The van der Waals surface area contributed by atoms with E-state index in [-0.39, 0.29) is 18.6 Å². The third-order valence-electron chi connectivity index (χ3n) is 1.95. The smallest absolute Gasteiger partial charge is 0.231 e. The average molecular weight is 172 g/mol. The summed E-state index contributed by atoms with van der Waals surface area (Å²) in [5, 5.41) is 2.96. The summed E-state index contributed by atoms with van der Waals surface area (Å²) >= 11 is 0. The van der Waals surface area contributed by atoms with Crippen molar-refractivity contribution in [3.8, 4) is 0 Å². The van der Waals surface area contributed by atoms with Gasteiger partial charge in [-0.25, -0.2) is 0 Å². The van der Waals surface area contributed by atoms with Crippen molar-refractivity contribution in [1.82, 2.24) is 5.32 Å². The molecule has 0 aromatic carbocycles. The molecule has 1 fully saturated rings. The van der Waals surface area contributed by atoms with Crippen LogP contribution < -0.4 is 11.1 Å². The summed E-state index contributed by atoms with van der Waals surface area (Å²) in [5.41, 5.74) is 4.97. The van der Waals surface area contributed by atoms with Gasteiger partial charge in [0.25, 0.3) is 0 Å². The lowest BCUT2D eigenvalue weighted by Gasteiger charge is -2.22. The molecule has 0 aliphatic carbocycles.